The first-order valence-corrected chi connectivity index (χ1v) is 8.60. The minimum Gasteiger partial charge on any atom is -0.492 e. The lowest BCUT2D eigenvalue weighted by molar-refractivity contribution is -0.129. The van der Waals surface area contributed by atoms with E-state index in [1.807, 2.05) is 37.4 Å². The monoisotopic (exact) mass is 355 g/mol. The zero-order valence-corrected chi connectivity index (χ0v) is 15.4. The van der Waals surface area contributed by atoms with Gasteiger partial charge in [-0.1, -0.05) is 18.2 Å². The Balaban J connectivity index is 0.00000288. The van der Waals surface area contributed by atoms with Gasteiger partial charge in [-0.2, -0.15) is 0 Å². The molecule has 1 aliphatic rings. The number of amides is 1. The molecule has 0 atom stereocenters. The van der Waals surface area contributed by atoms with Crippen LogP contribution in [0.1, 0.15) is 19.3 Å². The van der Waals surface area contributed by atoms with Gasteiger partial charge in [-0.25, -0.2) is 0 Å². The Morgan fingerprint density at radius 2 is 1.96 bits per heavy atom. The van der Waals surface area contributed by atoms with Crippen LogP contribution < -0.4 is 10.1 Å². The van der Waals surface area contributed by atoms with Gasteiger partial charge < -0.3 is 19.9 Å². The molecule has 1 aliphatic heterocycles. The van der Waals surface area contributed by atoms with Gasteiger partial charge in [0.15, 0.2) is 0 Å². The molecule has 1 heterocycles. The molecule has 6 heteroatoms. The van der Waals surface area contributed by atoms with Crippen molar-refractivity contribution in [1.29, 1.82) is 0 Å². The van der Waals surface area contributed by atoms with E-state index >= 15 is 0 Å². The molecule has 1 saturated heterocycles. The molecular weight excluding hydrogens is 326 g/mol. The topological polar surface area (TPSA) is 44.8 Å². The molecule has 1 fully saturated rings. The van der Waals surface area contributed by atoms with Crippen molar-refractivity contribution in [1.82, 2.24) is 15.1 Å². The maximum Gasteiger partial charge on any atom is 0.236 e. The third-order valence-electron chi connectivity index (χ3n) is 4.17. The van der Waals surface area contributed by atoms with E-state index in [1.54, 1.807) is 4.90 Å². The van der Waals surface area contributed by atoms with Gasteiger partial charge in [0.1, 0.15) is 12.4 Å². The van der Waals surface area contributed by atoms with Crippen LogP contribution >= 0.6 is 12.4 Å². The number of halogens is 1. The third kappa shape index (κ3) is 7.99. The standard InChI is InChI=1S/C18H29N3O2.ClH/c1-20(14-15-23-17-8-3-2-4-9-17)18(22)16-19-10-7-13-21-11-5-6-12-21;/h2-4,8-9,19H,5-7,10-16H2,1H3;1H. The maximum absolute atomic E-state index is 12.0. The summed E-state index contributed by atoms with van der Waals surface area (Å²) in [5, 5.41) is 3.24. The van der Waals surface area contributed by atoms with E-state index in [1.165, 1.54) is 25.9 Å². The zero-order chi connectivity index (χ0) is 16.3. The van der Waals surface area contributed by atoms with Crippen molar-refractivity contribution < 1.29 is 9.53 Å². The number of nitrogens with one attached hydrogen (secondary N) is 1. The van der Waals surface area contributed by atoms with E-state index in [4.69, 9.17) is 4.74 Å². The van der Waals surface area contributed by atoms with Crippen molar-refractivity contribution in [3.05, 3.63) is 30.3 Å². The van der Waals surface area contributed by atoms with Crippen molar-refractivity contribution in [3.8, 4) is 5.75 Å². The number of nitrogens with zero attached hydrogens (tertiary/aromatic N) is 2. The Hall–Kier alpha value is -1.30. The molecule has 0 saturated carbocycles. The highest BCUT2D eigenvalue weighted by atomic mass is 35.5. The predicted octanol–water partition coefficient (Wildman–Crippen LogP) is 2.02. The quantitative estimate of drug-likeness (QED) is 0.652. The minimum atomic E-state index is 0. The lowest BCUT2D eigenvalue weighted by Gasteiger charge is -2.18. The van der Waals surface area contributed by atoms with Crippen LogP contribution in [0.15, 0.2) is 30.3 Å². The molecule has 0 aliphatic carbocycles. The summed E-state index contributed by atoms with van der Waals surface area (Å²) in [4.78, 5) is 16.2. The second-order valence-electron chi connectivity index (χ2n) is 6.06. The second-order valence-corrected chi connectivity index (χ2v) is 6.06. The summed E-state index contributed by atoms with van der Waals surface area (Å²) in [5.74, 6) is 0.955. The molecule has 1 N–H and O–H groups in total. The maximum atomic E-state index is 12.0. The normalized spacial score (nSPS) is 14.2. The first-order chi connectivity index (χ1) is 11.3. The number of carbonyl (C=O) groups excluding carboxylic acids is 1. The van der Waals surface area contributed by atoms with Crippen LogP contribution in [0, 0.1) is 0 Å². The van der Waals surface area contributed by atoms with Gasteiger partial charge in [0, 0.05) is 7.05 Å². The molecule has 1 amide bonds. The molecule has 0 radical (unpaired) electrons. The Morgan fingerprint density at radius 3 is 2.67 bits per heavy atom. The van der Waals surface area contributed by atoms with Crippen LogP contribution in [0.4, 0.5) is 0 Å². The van der Waals surface area contributed by atoms with Crippen LogP contribution in [-0.4, -0.2) is 68.6 Å². The number of para-hydroxylation sites is 1. The highest BCUT2D eigenvalue weighted by molar-refractivity contribution is 5.85. The van der Waals surface area contributed by atoms with Crippen LogP contribution in [0.25, 0.3) is 0 Å². The van der Waals surface area contributed by atoms with Crippen molar-refractivity contribution in [3.63, 3.8) is 0 Å². The molecule has 5 nitrogen and oxygen atoms in total. The number of hydrogen-bond acceptors (Lipinski definition) is 4. The van der Waals surface area contributed by atoms with Gasteiger partial charge in [-0.3, -0.25) is 4.79 Å². The average molecular weight is 356 g/mol. The summed E-state index contributed by atoms with van der Waals surface area (Å²) in [6, 6.07) is 9.68. The zero-order valence-electron chi connectivity index (χ0n) is 14.6. The summed E-state index contributed by atoms with van der Waals surface area (Å²) in [7, 11) is 1.82. The molecule has 1 aromatic carbocycles. The van der Waals surface area contributed by atoms with E-state index in [2.05, 4.69) is 10.2 Å². The van der Waals surface area contributed by atoms with E-state index < -0.39 is 0 Å². The fraction of sp³-hybridized carbons (Fsp3) is 0.611. The molecule has 0 unspecified atom stereocenters. The fourth-order valence-electron chi connectivity index (χ4n) is 2.71. The molecule has 2 rings (SSSR count). The van der Waals surface area contributed by atoms with Crippen molar-refractivity contribution >= 4 is 18.3 Å². The number of carbonyl (C=O) groups is 1. The molecule has 0 bridgehead atoms. The summed E-state index contributed by atoms with van der Waals surface area (Å²) >= 11 is 0. The smallest absolute Gasteiger partial charge is 0.236 e. The highest BCUT2D eigenvalue weighted by Gasteiger charge is 2.11. The average Bonchev–Trinajstić information content (AvgIpc) is 3.08. The number of rotatable bonds is 10. The molecule has 136 valence electrons. The molecule has 0 aromatic heterocycles. The van der Waals surface area contributed by atoms with Crippen LogP contribution in [0.5, 0.6) is 5.75 Å². The summed E-state index contributed by atoms with van der Waals surface area (Å²) < 4.78 is 5.61. The molecular formula is C18H30ClN3O2. The Morgan fingerprint density at radius 1 is 1.25 bits per heavy atom. The summed E-state index contributed by atoms with van der Waals surface area (Å²) in [6.45, 7) is 6.04. The van der Waals surface area contributed by atoms with E-state index in [0.29, 0.717) is 19.7 Å². The van der Waals surface area contributed by atoms with Crippen LogP contribution in [0.3, 0.4) is 0 Å². The van der Waals surface area contributed by atoms with E-state index in [-0.39, 0.29) is 18.3 Å². The van der Waals surface area contributed by atoms with Crippen molar-refractivity contribution in [2.75, 3.05) is 52.9 Å². The number of benzene rings is 1. The summed E-state index contributed by atoms with van der Waals surface area (Å²) in [6.07, 6.45) is 3.78. The second kappa shape index (κ2) is 12.1. The third-order valence-corrected chi connectivity index (χ3v) is 4.17. The molecule has 24 heavy (non-hydrogen) atoms. The Labute approximate surface area is 151 Å². The fourth-order valence-corrected chi connectivity index (χ4v) is 2.71. The van der Waals surface area contributed by atoms with Gasteiger partial charge >= 0.3 is 0 Å². The highest BCUT2D eigenvalue weighted by Crippen LogP contribution is 2.08. The Bertz CT molecular complexity index is 453. The molecule has 0 spiro atoms. The van der Waals surface area contributed by atoms with Crippen LogP contribution in [0.2, 0.25) is 0 Å². The van der Waals surface area contributed by atoms with Gasteiger partial charge in [0.2, 0.25) is 5.91 Å². The van der Waals surface area contributed by atoms with Crippen molar-refractivity contribution in [2.24, 2.45) is 0 Å². The number of likely N-dealkylation sites (tertiary alicyclic amines) is 1. The van der Waals surface area contributed by atoms with Crippen LogP contribution in [-0.2, 0) is 4.79 Å². The first kappa shape index (κ1) is 20.7. The number of hydrogen-bond donors (Lipinski definition) is 1. The lowest BCUT2D eigenvalue weighted by Crippen LogP contribution is -2.38. The van der Waals surface area contributed by atoms with Gasteiger partial charge in [-0.15, -0.1) is 12.4 Å². The van der Waals surface area contributed by atoms with Gasteiger partial charge in [-0.05, 0) is 57.6 Å². The van der Waals surface area contributed by atoms with Crippen molar-refractivity contribution in [2.45, 2.75) is 19.3 Å². The predicted molar refractivity (Wildman–Crippen MR) is 100.0 cm³/mol. The minimum absolute atomic E-state index is 0. The largest absolute Gasteiger partial charge is 0.492 e. The Kier molecular flexibility index (Phi) is 10.5. The first-order valence-electron chi connectivity index (χ1n) is 8.60. The van der Waals surface area contributed by atoms with E-state index in [9.17, 15) is 4.79 Å². The summed E-state index contributed by atoms with van der Waals surface area (Å²) in [5.41, 5.74) is 0. The van der Waals surface area contributed by atoms with Gasteiger partial charge in [0.25, 0.3) is 0 Å². The van der Waals surface area contributed by atoms with E-state index in [0.717, 1.165) is 25.3 Å². The lowest BCUT2D eigenvalue weighted by atomic mass is 10.3. The number of likely N-dealkylation sites (N-methyl/N-ethyl adjacent to an activating group) is 1. The molecule has 1 aromatic rings. The number of ether oxygens (including phenoxy) is 1. The van der Waals surface area contributed by atoms with Gasteiger partial charge in [0.05, 0.1) is 13.1 Å². The SMILES string of the molecule is CN(CCOc1ccccc1)C(=O)CNCCCN1CCCC1.Cl.